The topological polar surface area (TPSA) is 101 Å². The summed E-state index contributed by atoms with van der Waals surface area (Å²) in [4.78, 5) is 26.6. The van der Waals surface area contributed by atoms with Crippen molar-refractivity contribution in [1.29, 1.82) is 0 Å². The number of carbonyl (C=O) groups is 1. The first kappa shape index (κ1) is 19.8. The number of esters is 1. The Morgan fingerprint density at radius 3 is 2.48 bits per heavy atom. The van der Waals surface area contributed by atoms with Crippen molar-refractivity contribution in [3.05, 3.63) is 63.8 Å². The molecule has 0 atom stereocenters. The van der Waals surface area contributed by atoms with Crippen LogP contribution in [0.4, 0.5) is 5.69 Å². The van der Waals surface area contributed by atoms with Crippen molar-refractivity contribution in [2.24, 2.45) is 0 Å². The van der Waals surface area contributed by atoms with Gasteiger partial charge in [0.2, 0.25) is 5.75 Å². The quantitative estimate of drug-likeness (QED) is 0.266. The van der Waals surface area contributed by atoms with Crippen molar-refractivity contribution in [3.8, 4) is 17.2 Å². The second-order valence-corrected chi connectivity index (χ2v) is 6.02. The van der Waals surface area contributed by atoms with Crippen LogP contribution in [0.2, 0.25) is 0 Å². The lowest BCUT2D eigenvalue weighted by atomic mass is 10.1. The molecule has 8 nitrogen and oxygen atoms in total. The largest absolute Gasteiger partial charge is 0.494 e. The van der Waals surface area contributed by atoms with E-state index < -0.39 is 10.9 Å². The third-order valence-corrected chi connectivity index (χ3v) is 4.09. The Morgan fingerprint density at radius 2 is 1.83 bits per heavy atom. The number of methoxy groups -OCH3 is 2. The van der Waals surface area contributed by atoms with Gasteiger partial charge in [0.05, 0.1) is 24.8 Å². The molecule has 148 valence electrons. The summed E-state index contributed by atoms with van der Waals surface area (Å²) in [7, 11) is 2.92. The monoisotopic (exact) mass is 394 g/mol. The summed E-state index contributed by atoms with van der Waals surface area (Å²) in [6.07, 6.45) is 3.38. The van der Waals surface area contributed by atoms with Crippen LogP contribution in [0.3, 0.4) is 0 Å². The Balaban J connectivity index is 2.02. The lowest BCUT2D eigenvalue weighted by Crippen LogP contribution is -2.06. The summed E-state index contributed by atoms with van der Waals surface area (Å²) >= 11 is 0. The van der Waals surface area contributed by atoms with Gasteiger partial charge in [-0.05, 0) is 29.8 Å². The van der Waals surface area contributed by atoms with Crippen LogP contribution >= 0.6 is 0 Å². The van der Waals surface area contributed by atoms with E-state index >= 15 is 0 Å². The van der Waals surface area contributed by atoms with Gasteiger partial charge in [-0.2, -0.15) is 0 Å². The molecule has 2 aromatic carbocycles. The lowest BCUT2D eigenvalue weighted by Gasteiger charge is -2.09. The van der Waals surface area contributed by atoms with Gasteiger partial charge in [-0.3, -0.25) is 14.9 Å². The van der Waals surface area contributed by atoms with Crippen molar-refractivity contribution in [2.45, 2.75) is 6.92 Å². The van der Waals surface area contributed by atoms with Gasteiger partial charge in [0.25, 0.3) is 0 Å². The van der Waals surface area contributed by atoms with Gasteiger partial charge in [-0.1, -0.05) is 24.3 Å². The number of fused-ring (bicyclic) bond motifs is 1. The first-order valence-corrected chi connectivity index (χ1v) is 8.59. The molecule has 0 amide bonds. The maximum atomic E-state index is 11.4. The zero-order valence-electron chi connectivity index (χ0n) is 16.0. The summed E-state index contributed by atoms with van der Waals surface area (Å²) in [5, 5.41) is 12.4. The van der Waals surface area contributed by atoms with Crippen LogP contribution < -0.4 is 14.2 Å². The highest BCUT2D eigenvalue weighted by Gasteiger charge is 2.23. The predicted molar refractivity (Wildman–Crippen MR) is 108 cm³/mol. The fraction of sp³-hybridized carbons (Fsp3) is 0.143. The fourth-order valence-electron chi connectivity index (χ4n) is 2.81. The van der Waals surface area contributed by atoms with Gasteiger partial charge in [0.15, 0.2) is 5.75 Å². The molecule has 0 fully saturated rings. The molecular formula is C21H18N2O6. The molecule has 0 radical (unpaired) electrons. The third kappa shape index (κ3) is 4.32. The van der Waals surface area contributed by atoms with E-state index in [1.165, 1.54) is 13.2 Å². The SMILES string of the molecule is COc1cc(C=Cc2ccc3cccc(OC)c3n2)cc([N+](=O)[O-])c1OC(C)=O. The Morgan fingerprint density at radius 1 is 1.07 bits per heavy atom. The van der Waals surface area contributed by atoms with Crippen molar-refractivity contribution < 1.29 is 23.9 Å². The minimum absolute atomic E-state index is 0.0854. The van der Waals surface area contributed by atoms with Crippen LogP contribution in [0, 0.1) is 10.1 Å². The van der Waals surface area contributed by atoms with E-state index in [1.807, 2.05) is 30.3 Å². The van der Waals surface area contributed by atoms with Gasteiger partial charge in [0.1, 0.15) is 11.3 Å². The first-order valence-electron chi connectivity index (χ1n) is 8.59. The highest BCUT2D eigenvalue weighted by atomic mass is 16.6. The number of ether oxygens (including phenoxy) is 3. The molecule has 29 heavy (non-hydrogen) atoms. The van der Waals surface area contributed by atoms with E-state index in [0.717, 1.165) is 12.3 Å². The molecule has 0 aliphatic carbocycles. The van der Waals surface area contributed by atoms with Crippen molar-refractivity contribution >= 4 is 34.7 Å². The normalized spacial score (nSPS) is 10.9. The van der Waals surface area contributed by atoms with Crippen LogP contribution in [-0.2, 0) is 4.79 Å². The average molecular weight is 394 g/mol. The third-order valence-electron chi connectivity index (χ3n) is 4.09. The van der Waals surface area contributed by atoms with Gasteiger partial charge in [-0.25, -0.2) is 4.98 Å². The van der Waals surface area contributed by atoms with Gasteiger partial charge < -0.3 is 14.2 Å². The Bertz CT molecular complexity index is 1120. The Kier molecular flexibility index (Phi) is 5.73. The van der Waals surface area contributed by atoms with Gasteiger partial charge in [0, 0.05) is 18.4 Å². The standard InChI is InChI=1S/C21H18N2O6/c1-13(24)29-21-17(23(25)26)11-14(12-19(21)28-3)7-9-16-10-8-15-5-4-6-18(27-2)20(15)22-16/h4-12H,1-3H3. The van der Waals surface area contributed by atoms with Crippen molar-refractivity contribution in [1.82, 2.24) is 4.98 Å². The van der Waals surface area contributed by atoms with E-state index in [9.17, 15) is 14.9 Å². The number of nitrogens with zero attached hydrogens (tertiary/aromatic N) is 2. The number of rotatable bonds is 6. The molecule has 0 unspecified atom stereocenters. The van der Waals surface area contributed by atoms with Gasteiger partial charge >= 0.3 is 11.7 Å². The van der Waals surface area contributed by atoms with Crippen molar-refractivity contribution in [3.63, 3.8) is 0 Å². The molecule has 0 bridgehead atoms. The maximum Gasteiger partial charge on any atom is 0.316 e. The Labute approximate surface area is 166 Å². The van der Waals surface area contributed by atoms with Crippen molar-refractivity contribution in [2.75, 3.05) is 14.2 Å². The number of carbonyl (C=O) groups excluding carboxylic acids is 1. The number of aromatic nitrogens is 1. The molecule has 0 N–H and O–H groups in total. The second kappa shape index (κ2) is 8.39. The number of para-hydroxylation sites is 1. The summed E-state index contributed by atoms with van der Waals surface area (Å²) in [5.41, 5.74) is 1.48. The lowest BCUT2D eigenvalue weighted by molar-refractivity contribution is -0.385. The number of nitro groups is 1. The molecule has 3 rings (SSSR count). The summed E-state index contributed by atoms with van der Waals surface area (Å²) in [6, 6.07) is 12.2. The zero-order chi connectivity index (χ0) is 21.0. The summed E-state index contributed by atoms with van der Waals surface area (Å²) < 4.78 is 15.5. The van der Waals surface area contributed by atoms with E-state index in [4.69, 9.17) is 14.2 Å². The number of benzene rings is 2. The minimum Gasteiger partial charge on any atom is -0.494 e. The molecule has 3 aromatic rings. The summed E-state index contributed by atoms with van der Waals surface area (Å²) in [5.74, 6) is -0.164. The molecular weight excluding hydrogens is 376 g/mol. The second-order valence-electron chi connectivity index (χ2n) is 6.02. The molecule has 1 aromatic heterocycles. The van der Waals surface area contributed by atoms with Crippen LogP contribution in [0.25, 0.3) is 23.1 Å². The average Bonchev–Trinajstić information content (AvgIpc) is 2.71. The highest BCUT2D eigenvalue weighted by molar-refractivity contribution is 5.86. The molecule has 0 aliphatic heterocycles. The first-order chi connectivity index (χ1) is 13.9. The fourth-order valence-corrected chi connectivity index (χ4v) is 2.81. The van der Waals surface area contributed by atoms with E-state index in [0.29, 0.717) is 22.5 Å². The molecule has 0 spiro atoms. The minimum atomic E-state index is -0.677. The van der Waals surface area contributed by atoms with Crippen LogP contribution in [0.1, 0.15) is 18.2 Å². The smallest absolute Gasteiger partial charge is 0.316 e. The maximum absolute atomic E-state index is 11.4. The molecule has 0 aliphatic rings. The van der Waals surface area contributed by atoms with Crippen LogP contribution in [0.15, 0.2) is 42.5 Å². The van der Waals surface area contributed by atoms with E-state index in [2.05, 4.69) is 4.98 Å². The zero-order valence-corrected chi connectivity index (χ0v) is 16.0. The van der Waals surface area contributed by atoms with Crippen LogP contribution in [0.5, 0.6) is 17.2 Å². The number of pyridine rings is 1. The number of hydrogen-bond donors (Lipinski definition) is 0. The molecule has 8 heteroatoms. The van der Waals surface area contributed by atoms with E-state index in [1.54, 1.807) is 25.3 Å². The predicted octanol–water partition coefficient (Wildman–Crippen LogP) is 4.26. The highest BCUT2D eigenvalue weighted by Crippen LogP contribution is 2.39. The number of hydrogen-bond acceptors (Lipinski definition) is 7. The number of nitro benzene ring substituents is 1. The van der Waals surface area contributed by atoms with Crippen LogP contribution in [-0.4, -0.2) is 30.1 Å². The molecule has 0 saturated carbocycles. The van der Waals surface area contributed by atoms with E-state index in [-0.39, 0.29) is 17.2 Å². The molecule has 1 heterocycles. The van der Waals surface area contributed by atoms with Gasteiger partial charge in [-0.15, -0.1) is 0 Å². The molecule has 0 saturated heterocycles. The summed E-state index contributed by atoms with van der Waals surface area (Å²) in [6.45, 7) is 1.16. The Hall–Kier alpha value is -3.94.